The van der Waals surface area contributed by atoms with Gasteiger partial charge < -0.3 is 0 Å². The van der Waals surface area contributed by atoms with Crippen molar-refractivity contribution in [3.63, 3.8) is 0 Å². The molecule has 1 heterocycles. The number of aromatic nitrogens is 1. The summed E-state index contributed by atoms with van der Waals surface area (Å²) in [6.45, 7) is 0.457. The quantitative estimate of drug-likeness (QED) is 0.785. The molecule has 0 atom stereocenters. The van der Waals surface area contributed by atoms with Crippen LogP contribution in [0.25, 0.3) is 0 Å². The van der Waals surface area contributed by atoms with Gasteiger partial charge in [-0.1, -0.05) is 22.9 Å². The summed E-state index contributed by atoms with van der Waals surface area (Å²) < 4.78 is 26.3. The maximum Gasteiger partial charge on any atom is 0.251 e. The highest BCUT2D eigenvalue weighted by atomic mass is 35.5. The number of halogens is 1. The van der Waals surface area contributed by atoms with Crippen molar-refractivity contribution in [2.45, 2.75) is 17.1 Å². The van der Waals surface area contributed by atoms with Crippen LogP contribution >= 0.6 is 34.7 Å². The van der Waals surface area contributed by atoms with Crippen molar-refractivity contribution >= 4 is 44.7 Å². The fourth-order valence-electron chi connectivity index (χ4n) is 1.01. The highest BCUT2D eigenvalue weighted by Gasteiger charge is 2.16. The lowest BCUT2D eigenvalue weighted by Crippen LogP contribution is -2.24. The topological polar surface area (TPSA) is 59.1 Å². The predicted octanol–water partition coefficient (Wildman–Crippen LogP) is 2.22. The average molecular weight is 301 g/mol. The van der Waals surface area contributed by atoms with Gasteiger partial charge in [-0.3, -0.25) is 0 Å². The molecule has 16 heavy (non-hydrogen) atoms. The number of unbranched alkanes of at least 4 members (excludes halogenated alkanes) is 1. The first-order valence-corrected chi connectivity index (χ1v) is 8.73. The molecule has 1 rings (SSSR count). The normalized spacial score (nSPS) is 11.9. The van der Waals surface area contributed by atoms with Crippen molar-refractivity contribution in [3.8, 4) is 0 Å². The molecule has 0 aliphatic heterocycles. The third kappa shape index (κ3) is 4.58. The zero-order valence-corrected chi connectivity index (χ0v) is 12.0. The van der Waals surface area contributed by atoms with Gasteiger partial charge in [0.15, 0.2) is 8.68 Å². The Morgan fingerprint density at radius 1 is 1.56 bits per heavy atom. The van der Waals surface area contributed by atoms with Gasteiger partial charge in [0, 0.05) is 6.54 Å². The van der Waals surface area contributed by atoms with Crippen LogP contribution < -0.4 is 4.72 Å². The zero-order valence-electron chi connectivity index (χ0n) is 8.77. The zero-order chi connectivity index (χ0) is 12.0. The molecule has 0 amide bonds. The van der Waals surface area contributed by atoms with E-state index >= 15 is 0 Å². The van der Waals surface area contributed by atoms with Crippen molar-refractivity contribution in [3.05, 3.63) is 10.7 Å². The van der Waals surface area contributed by atoms with E-state index in [4.69, 9.17) is 11.6 Å². The number of hydrogen-bond donors (Lipinski definition) is 1. The minimum absolute atomic E-state index is 0.169. The minimum Gasteiger partial charge on any atom is -0.232 e. The SMILES string of the molecule is CSCCCCNS(=O)(=O)c1cnc(Cl)s1. The van der Waals surface area contributed by atoms with Crippen LogP contribution in [0.4, 0.5) is 0 Å². The molecule has 0 aliphatic rings. The Morgan fingerprint density at radius 2 is 2.31 bits per heavy atom. The standard InChI is InChI=1S/C8H13ClN2O2S3/c1-14-5-3-2-4-11-16(12,13)7-6-10-8(9)15-7/h6,11H,2-5H2,1H3. The third-order valence-electron chi connectivity index (χ3n) is 1.79. The Labute approximate surface area is 109 Å². The van der Waals surface area contributed by atoms with Crippen molar-refractivity contribution in [1.82, 2.24) is 9.71 Å². The summed E-state index contributed by atoms with van der Waals surface area (Å²) in [5, 5.41) is 0. The van der Waals surface area contributed by atoms with Crippen LogP contribution in [0, 0.1) is 0 Å². The molecule has 0 bridgehead atoms. The number of nitrogens with zero attached hydrogens (tertiary/aromatic N) is 1. The molecule has 1 N–H and O–H groups in total. The molecule has 4 nitrogen and oxygen atoms in total. The highest BCUT2D eigenvalue weighted by Crippen LogP contribution is 2.21. The number of sulfonamides is 1. The van der Waals surface area contributed by atoms with Gasteiger partial charge >= 0.3 is 0 Å². The molecule has 8 heteroatoms. The van der Waals surface area contributed by atoms with E-state index in [-0.39, 0.29) is 8.68 Å². The summed E-state index contributed by atoms with van der Waals surface area (Å²) in [6, 6.07) is 0. The number of rotatable bonds is 7. The molecular weight excluding hydrogens is 288 g/mol. The van der Waals surface area contributed by atoms with Crippen LogP contribution in [0.2, 0.25) is 4.47 Å². The van der Waals surface area contributed by atoms with Gasteiger partial charge in [0.25, 0.3) is 10.0 Å². The summed E-state index contributed by atoms with van der Waals surface area (Å²) in [6.07, 6.45) is 5.15. The first-order chi connectivity index (χ1) is 7.56. The van der Waals surface area contributed by atoms with Gasteiger partial charge in [-0.2, -0.15) is 11.8 Å². The highest BCUT2D eigenvalue weighted by molar-refractivity contribution is 7.98. The van der Waals surface area contributed by atoms with Crippen LogP contribution in [-0.2, 0) is 10.0 Å². The lowest BCUT2D eigenvalue weighted by atomic mass is 10.3. The average Bonchev–Trinajstić information content (AvgIpc) is 2.65. The molecule has 0 radical (unpaired) electrons. The van der Waals surface area contributed by atoms with E-state index in [0.717, 1.165) is 29.9 Å². The molecule has 0 aliphatic carbocycles. The molecule has 1 aromatic heterocycles. The Morgan fingerprint density at radius 3 is 2.88 bits per heavy atom. The molecule has 0 fully saturated rings. The Hall–Kier alpha value is 0.180. The van der Waals surface area contributed by atoms with Crippen LogP contribution in [0.15, 0.2) is 10.4 Å². The molecule has 0 aromatic carbocycles. The van der Waals surface area contributed by atoms with E-state index in [1.54, 1.807) is 11.8 Å². The van der Waals surface area contributed by atoms with Crippen LogP contribution in [0.3, 0.4) is 0 Å². The molecule has 0 saturated heterocycles. The van der Waals surface area contributed by atoms with Gasteiger partial charge in [0.2, 0.25) is 0 Å². The maximum absolute atomic E-state index is 11.7. The molecule has 0 saturated carbocycles. The Kier molecular flexibility index (Phi) is 6.06. The van der Waals surface area contributed by atoms with Gasteiger partial charge in [-0.05, 0) is 24.9 Å². The van der Waals surface area contributed by atoms with Gasteiger partial charge in [0.05, 0.1) is 6.20 Å². The number of thiazole rings is 1. The summed E-state index contributed by atoms with van der Waals surface area (Å²) in [5.74, 6) is 1.05. The fraction of sp³-hybridized carbons (Fsp3) is 0.625. The minimum atomic E-state index is -3.41. The second kappa shape index (κ2) is 6.80. The van der Waals surface area contributed by atoms with E-state index < -0.39 is 10.0 Å². The van der Waals surface area contributed by atoms with Crippen molar-refractivity contribution in [2.75, 3.05) is 18.6 Å². The lowest BCUT2D eigenvalue weighted by Gasteiger charge is -2.03. The van der Waals surface area contributed by atoms with Gasteiger partial charge in [0.1, 0.15) is 0 Å². The van der Waals surface area contributed by atoms with Crippen molar-refractivity contribution < 1.29 is 8.42 Å². The number of thioether (sulfide) groups is 1. The Balaban J connectivity index is 2.41. The molecule has 1 aromatic rings. The molecule has 0 unspecified atom stereocenters. The monoisotopic (exact) mass is 300 g/mol. The predicted molar refractivity (Wildman–Crippen MR) is 69.9 cm³/mol. The number of nitrogens with one attached hydrogen (secondary N) is 1. The molecular formula is C8H13ClN2O2S3. The van der Waals surface area contributed by atoms with E-state index in [0.29, 0.717) is 6.54 Å². The van der Waals surface area contributed by atoms with Crippen molar-refractivity contribution in [1.29, 1.82) is 0 Å². The van der Waals surface area contributed by atoms with Gasteiger partial charge in [-0.15, -0.1) is 0 Å². The van der Waals surface area contributed by atoms with Gasteiger partial charge in [-0.25, -0.2) is 18.1 Å². The second-order valence-electron chi connectivity index (χ2n) is 3.03. The van der Waals surface area contributed by atoms with Crippen LogP contribution in [0.5, 0.6) is 0 Å². The summed E-state index contributed by atoms with van der Waals surface area (Å²) in [7, 11) is -3.41. The second-order valence-corrected chi connectivity index (χ2v) is 7.62. The summed E-state index contributed by atoms with van der Waals surface area (Å²) >= 11 is 8.30. The van der Waals surface area contributed by atoms with E-state index in [9.17, 15) is 8.42 Å². The first-order valence-electron chi connectivity index (χ1n) is 4.66. The van der Waals surface area contributed by atoms with Crippen LogP contribution in [0.1, 0.15) is 12.8 Å². The first kappa shape index (κ1) is 14.2. The van der Waals surface area contributed by atoms with Crippen LogP contribution in [-0.4, -0.2) is 32.0 Å². The Bertz CT molecular complexity index is 419. The maximum atomic E-state index is 11.7. The smallest absolute Gasteiger partial charge is 0.232 e. The molecule has 0 spiro atoms. The summed E-state index contributed by atoms with van der Waals surface area (Å²) in [5.41, 5.74) is 0. The van der Waals surface area contributed by atoms with E-state index in [1.165, 1.54) is 6.20 Å². The third-order valence-corrected chi connectivity index (χ3v) is 5.52. The number of hydrogen-bond acceptors (Lipinski definition) is 5. The molecule has 92 valence electrons. The lowest BCUT2D eigenvalue weighted by molar-refractivity contribution is 0.580. The largest absolute Gasteiger partial charge is 0.251 e. The van der Waals surface area contributed by atoms with E-state index in [1.807, 2.05) is 6.26 Å². The van der Waals surface area contributed by atoms with E-state index in [2.05, 4.69) is 9.71 Å². The van der Waals surface area contributed by atoms with Crippen molar-refractivity contribution in [2.24, 2.45) is 0 Å². The fourth-order valence-corrected chi connectivity index (χ4v) is 3.92. The summed E-state index contributed by atoms with van der Waals surface area (Å²) in [4.78, 5) is 3.70.